The molecule has 156 valence electrons. The summed E-state index contributed by atoms with van der Waals surface area (Å²) in [4.78, 5) is 28.7. The SMILES string of the molecule is O=C(O)CN1C[C@H]2CN(C(=O)C3Cc4ccccc4C3)[C@H](c3cccc(F)c3)[C@H]2C1. The third kappa shape index (κ3) is 3.39. The lowest BCUT2D eigenvalue weighted by Gasteiger charge is -2.31. The van der Waals surface area contributed by atoms with Crippen molar-refractivity contribution in [3.63, 3.8) is 0 Å². The van der Waals surface area contributed by atoms with Crippen LogP contribution in [-0.4, -0.2) is 53.0 Å². The van der Waals surface area contributed by atoms with Gasteiger partial charge in [-0.05, 0) is 47.6 Å². The molecule has 30 heavy (non-hydrogen) atoms. The first-order chi connectivity index (χ1) is 14.5. The molecule has 0 bridgehead atoms. The second-order valence-corrected chi connectivity index (χ2v) is 8.88. The highest BCUT2D eigenvalue weighted by Crippen LogP contribution is 2.46. The first-order valence-corrected chi connectivity index (χ1v) is 10.6. The Bertz CT molecular complexity index is 969. The van der Waals surface area contributed by atoms with Crippen LogP contribution in [0.2, 0.25) is 0 Å². The van der Waals surface area contributed by atoms with Gasteiger partial charge in [0.1, 0.15) is 5.82 Å². The molecule has 0 radical (unpaired) electrons. The summed E-state index contributed by atoms with van der Waals surface area (Å²) in [7, 11) is 0. The van der Waals surface area contributed by atoms with E-state index in [1.54, 1.807) is 6.07 Å². The molecule has 1 aliphatic carbocycles. The van der Waals surface area contributed by atoms with Crippen molar-refractivity contribution in [2.75, 3.05) is 26.2 Å². The van der Waals surface area contributed by atoms with Crippen LogP contribution >= 0.6 is 0 Å². The molecule has 0 aromatic heterocycles. The van der Waals surface area contributed by atoms with Crippen molar-refractivity contribution in [2.45, 2.75) is 18.9 Å². The number of hydrogen-bond acceptors (Lipinski definition) is 3. The molecule has 2 aromatic carbocycles. The summed E-state index contributed by atoms with van der Waals surface area (Å²) in [5.41, 5.74) is 3.29. The topological polar surface area (TPSA) is 60.9 Å². The molecule has 5 rings (SSSR count). The van der Waals surface area contributed by atoms with E-state index in [0.29, 0.717) is 19.6 Å². The number of rotatable bonds is 4. The number of fused-ring (bicyclic) bond motifs is 2. The zero-order valence-corrected chi connectivity index (χ0v) is 16.7. The Morgan fingerprint density at radius 2 is 1.73 bits per heavy atom. The van der Waals surface area contributed by atoms with E-state index in [1.165, 1.54) is 23.3 Å². The standard InChI is InChI=1S/C24H25FN2O3/c25-20-7-3-6-17(10-20)23-21-13-26(14-22(28)29)11-19(21)12-27(23)24(30)18-8-15-4-1-2-5-16(15)9-18/h1-7,10,18-19,21,23H,8-9,11-14H2,(H,28,29)/t19-,21-,23+/m0/s1. The second-order valence-electron chi connectivity index (χ2n) is 8.88. The number of halogens is 1. The lowest BCUT2D eigenvalue weighted by atomic mass is 9.89. The van der Waals surface area contributed by atoms with Gasteiger partial charge in [-0.2, -0.15) is 0 Å². The molecule has 2 heterocycles. The van der Waals surface area contributed by atoms with Gasteiger partial charge in [0.05, 0.1) is 12.6 Å². The van der Waals surface area contributed by atoms with Crippen LogP contribution < -0.4 is 0 Å². The molecular formula is C24H25FN2O3. The van der Waals surface area contributed by atoms with Gasteiger partial charge in [0.15, 0.2) is 0 Å². The number of aliphatic carboxylic acids is 1. The number of hydrogen-bond donors (Lipinski definition) is 1. The van der Waals surface area contributed by atoms with E-state index in [4.69, 9.17) is 0 Å². The van der Waals surface area contributed by atoms with E-state index in [9.17, 15) is 19.1 Å². The van der Waals surface area contributed by atoms with Crippen LogP contribution in [0.1, 0.15) is 22.7 Å². The molecule has 2 aromatic rings. The predicted molar refractivity (Wildman–Crippen MR) is 109 cm³/mol. The summed E-state index contributed by atoms with van der Waals surface area (Å²) in [6.07, 6.45) is 1.50. The first-order valence-electron chi connectivity index (χ1n) is 10.6. The van der Waals surface area contributed by atoms with Crippen molar-refractivity contribution in [1.82, 2.24) is 9.80 Å². The van der Waals surface area contributed by atoms with Crippen LogP contribution in [0.3, 0.4) is 0 Å². The van der Waals surface area contributed by atoms with E-state index in [-0.39, 0.29) is 42.1 Å². The molecular weight excluding hydrogens is 383 g/mol. The van der Waals surface area contributed by atoms with Gasteiger partial charge in [-0.15, -0.1) is 0 Å². The predicted octanol–water partition coefficient (Wildman–Crippen LogP) is 2.76. The van der Waals surface area contributed by atoms with E-state index in [2.05, 4.69) is 12.1 Å². The number of likely N-dealkylation sites (tertiary alicyclic amines) is 2. The number of benzene rings is 2. The largest absolute Gasteiger partial charge is 0.480 e. The van der Waals surface area contributed by atoms with Crippen LogP contribution in [0, 0.1) is 23.6 Å². The minimum Gasteiger partial charge on any atom is -0.480 e. The monoisotopic (exact) mass is 408 g/mol. The smallest absolute Gasteiger partial charge is 0.317 e. The van der Waals surface area contributed by atoms with Crippen molar-refractivity contribution in [3.05, 3.63) is 71.0 Å². The number of carboxylic acids is 1. The third-order valence-corrected chi connectivity index (χ3v) is 6.97. The number of amides is 1. The molecule has 1 amide bonds. The Balaban J connectivity index is 1.42. The number of carboxylic acid groups (broad SMARTS) is 1. The Morgan fingerprint density at radius 3 is 2.40 bits per heavy atom. The van der Waals surface area contributed by atoms with Crippen LogP contribution in [0.4, 0.5) is 4.39 Å². The van der Waals surface area contributed by atoms with Crippen molar-refractivity contribution in [1.29, 1.82) is 0 Å². The van der Waals surface area contributed by atoms with E-state index >= 15 is 0 Å². The fourth-order valence-corrected chi connectivity index (χ4v) is 5.77. The summed E-state index contributed by atoms with van der Waals surface area (Å²) >= 11 is 0. The molecule has 2 saturated heterocycles. The summed E-state index contributed by atoms with van der Waals surface area (Å²) in [6.45, 7) is 1.90. The molecule has 0 unspecified atom stereocenters. The maximum absolute atomic E-state index is 14.0. The van der Waals surface area contributed by atoms with Crippen molar-refractivity contribution < 1.29 is 19.1 Å². The van der Waals surface area contributed by atoms with Crippen molar-refractivity contribution >= 4 is 11.9 Å². The molecule has 2 fully saturated rings. The molecule has 2 aliphatic heterocycles. The Kier molecular flexibility index (Phi) is 4.82. The van der Waals surface area contributed by atoms with Crippen molar-refractivity contribution in [2.24, 2.45) is 17.8 Å². The minimum absolute atomic E-state index is 0.00868. The molecule has 3 aliphatic rings. The van der Waals surface area contributed by atoms with Gasteiger partial charge in [0, 0.05) is 31.5 Å². The third-order valence-electron chi connectivity index (χ3n) is 6.97. The highest BCUT2D eigenvalue weighted by molar-refractivity contribution is 5.81. The summed E-state index contributed by atoms with van der Waals surface area (Å²) in [5.74, 6) is -0.748. The zero-order chi connectivity index (χ0) is 20.8. The fraction of sp³-hybridized carbons (Fsp3) is 0.417. The van der Waals surface area contributed by atoms with Gasteiger partial charge < -0.3 is 10.0 Å². The Hall–Kier alpha value is -2.73. The van der Waals surface area contributed by atoms with E-state index in [1.807, 2.05) is 28.0 Å². The maximum atomic E-state index is 14.0. The normalized spacial score (nSPS) is 26.0. The minimum atomic E-state index is -0.839. The van der Waals surface area contributed by atoms with Crippen LogP contribution in [0.15, 0.2) is 48.5 Å². The second kappa shape index (κ2) is 7.51. The van der Waals surface area contributed by atoms with E-state index in [0.717, 1.165) is 18.4 Å². The summed E-state index contributed by atoms with van der Waals surface area (Å²) in [6, 6.07) is 14.5. The molecule has 6 heteroatoms. The number of carbonyl (C=O) groups excluding carboxylic acids is 1. The molecule has 0 spiro atoms. The molecule has 3 atom stereocenters. The van der Waals surface area contributed by atoms with Gasteiger partial charge in [-0.1, -0.05) is 36.4 Å². The lowest BCUT2D eigenvalue weighted by Crippen LogP contribution is -2.40. The quantitative estimate of drug-likeness (QED) is 0.845. The van der Waals surface area contributed by atoms with E-state index < -0.39 is 5.97 Å². The lowest BCUT2D eigenvalue weighted by molar-refractivity contribution is -0.139. The van der Waals surface area contributed by atoms with Crippen LogP contribution in [-0.2, 0) is 22.4 Å². The highest BCUT2D eigenvalue weighted by atomic mass is 19.1. The van der Waals surface area contributed by atoms with Gasteiger partial charge >= 0.3 is 5.97 Å². The summed E-state index contributed by atoms with van der Waals surface area (Å²) in [5, 5.41) is 9.17. The molecule has 5 nitrogen and oxygen atoms in total. The molecule has 1 N–H and O–H groups in total. The molecule has 0 saturated carbocycles. The number of carbonyl (C=O) groups is 2. The highest BCUT2D eigenvalue weighted by Gasteiger charge is 2.50. The average molecular weight is 408 g/mol. The fourth-order valence-electron chi connectivity index (χ4n) is 5.77. The Labute approximate surface area is 175 Å². The van der Waals surface area contributed by atoms with Crippen molar-refractivity contribution in [3.8, 4) is 0 Å². The first kappa shape index (κ1) is 19.2. The van der Waals surface area contributed by atoms with Crippen LogP contribution in [0.25, 0.3) is 0 Å². The maximum Gasteiger partial charge on any atom is 0.317 e. The summed E-state index contributed by atoms with van der Waals surface area (Å²) < 4.78 is 14.0. The van der Waals surface area contributed by atoms with Gasteiger partial charge in [-0.3, -0.25) is 14.5 Å². The van der Waals surface area contributed by atoms with Gasteiger partial charge in [0.25, 0.3) is 0 Å². The average Bonchev–Trinajstić information content (AvgIpc) is 3.38. The van der Waals surface area contributed by atoms with Gasteiger partial charge in [-0.25, -0.2) is 4.39 Å². The number of nitrogens with zero attached hydrogens (tertiary/aromatic N) is 2. The van der Waals surface area contributed by atoms with Crippen LogP contribution in [0.5, 0.6) is 0 Å². The Morgan fingerprint density at radius 1 is 1.00 bits per heavy atom. The zero-order valence-electron chi connectivity index (χ0n) is 16.7. The van der Waals surface area contributed by atoms with Gasteiger partial charge in [0.2, 0.25) is 5.91 Å².